The molecule has 3 aromatic rings. The van der Waals surface area contributed by atoms with Gasteiger partial charge < -0.3 is 5.73 Å². The van der Waals surface area contributed by atoms with E-state index in [2.05, 4.69) is 37.0 Å². The Kier molecular flexibility index (Phi) is 2.99. The van der Waals surface area contributed by atoms with Gasteiger partial charge in [0.2, 0.25) is 0 Å². The van der Waals surface area contributed by atoms with E-state index in [1.165, 1.54) is 21.4 Å². The molecule has 2 aromatic carbocycles. The fourth-order valence-corrected chi connectivity index (χ4v) is 3.20. The number of nitrogens with two attached hydrogens (primary N) is 1. The molecule has 0 atom stereocenters. The number of anilines is 1. The maximum atomic E-state index is 5.80. The summed E-state index contributed by atoms with van der Waals surface area (Å²) in [6.45, 7) is 4.29. The Morgan fingerprint density at radius 1 is 1.05 bits per heavy atom. The van der Waals surface area contributed by atoms with Gasteiger partial charge in [-0.05, 0) is 48.7 Å². The number of hydrogen-bond donors (Lipinski definition) is 1. The number of thiazole rings is 1. The molecule has 0 aliphatic carbocycles. The Hall–Kier alpha value is -1.87. The number of benzene rings is 2. The van der Waals surface area contributed by atoms with Crippen molar-refractivity contribution in [3.8, 4) is 0 Å². The third-order valence-electron chi connectivity index (χ3n) is 3.38. The van der Waals surface area contributed by atoms with Gasteiger partial charge >= 0.3 is 0 Å². The largest absolute Gasteiger partial charge is 0.399 e. The number of nitrogen functional groups attached to an aromatic ring is 1. The molecule has 3 rings (SSSR count). The van der Waals surface area contributed by atoms with Crippen molar-refractivity contribution in [1.29, 1.82) is 0 Å². The van der Waals surface area contributed by atoms with Crippen LogP contribution >= 0.6 is 11.3 Å². The number of rotatable bonds is 2. The molecule has 0 saturated carbocycles. The van der Waals surface area contributed by atoms with E-state index >= 15 is 0 Å². The van der Waals surface area contributed by atoms with Gasteiger partial charge in [0.25, 0.3) is 0 Å². The van der Waals surface area contributed by atoms with Crippen LogP contribution in [-0.4, -0.2) is 4.98 Å². The number of aryl methyl sites for hydroxylation is 2. The molecule has 96 valence electrons. The van der Waals surface area contributed by atoms with Crippen LogP contribution in [0.25, 0.3) is 10.2 Å². The van der Waals surface area contributed by atoms with Crippen molar-refractivity contribution in [3.63, 3.8) is 0 Å². The van der Waals surface area contributed by atoms with E-state index in [1.54, 1.807) is 11.3 Å². The molecule has 0 bridgehead atoms. The van der Waals surface area contributed by atoms with E-state index in [9.17, 15) is 0 Å². The van der Waals surface area contributed by atoms with Gasteiger partial charge in [0, 0.05) is 12.1 Å². The molecule has 0 fully saturated rings. The molecule has 0 radical (unpaired) electrons. The highest BCUT2D eigenvalue weighted by Crippen LogP contribution is 2.26. The molecule has 3 heteroatoms. The highest BCUT2D eigenvalue weighted by atomic mass is 32.1. The Bertz CT molecular complexity index is 744. The maximum Gasteiger partial charge on any atom is 0.0982 e. The van der Waals surface area contributed by atoms with Crippen molar-refractivity contribution in [2.24, 2.45) is 0 Å². The van der Waals surface area contributed by atoms with Crippen LogP contribution in [0.5, 0.6) is 0 Å². The first-order valence-electron chi connectivity index (χ1n) is 6.33. The van der Waals surface area contributed by atoms with E-state index in [-0.39, 0.29) is 0 Å². The zero-order valence-corrected chi connectivity index (χ0v) is 11.9. The van der Waals surface area contributed by atoms with Gasteiger partial charge in [-0.2, -0.15) is 0 Å². The molecule has 0 saturated heterocycles. The van der Waals surface area contributed by atoms with E-state index in [0.29, 0.717) is 0 Å². The molecule has 2 nitrogen and oxygen atoms in total. The van der Waals surface area contributed by atoms with Gasteiger partial charge in [-0.25, -0.2) is 4.98 Å². The highest BCUT2D eigenvalue weighted by Gasteiger charge is 2.06. The average molecular weight is 268 g/mol. The zero-order valence-electron chi connectivity index (χ0n) is 11.1. The predicted octanol–water partition coefficient (Wildman–Crippen LogP) is 4.09. The molecular weight excluding hydrogens is 252 g/mol. The lowest BCUT2D eigenvalue weighted by Crippen LogP contribution is -1.89. The second-order valence-electron chi connectivity index (χ2n) is 4.93. The molecule has 1 heterocycles. The van der Waals surface area contributed by atoms with E-state index in [4.69, 9.17) is 5.73 Å². The standard InChI is InChI=1S/C16H16N2S/c1-10-3-4-12(7-11(10)2)8-16-18-14-6-5-13(17)9-15(14)19-16/h3-7,9H,8,17H2,1-2H3. The van der Waals surface area contributed by atoms with Gasteiger partial charge in [-0.15, -0.1) is 11.3 Å². The van der Waals surface area contributed by atoms with Crippen molar-refractivity contribution >= 4 is 27.2 Å². The summed E-state index contributed by atoms with van der Waals surface area (Å²) in [5, 5.41) is 1.14. The summed E-state index contributed by atoms with van der Waals surface area (Å²) >= 11 is 1.73. The summed E-state index contributed by atoms with van der Waals surface area (Å²) in [6, 6.07) is 12.5. The van der Waals surface area contributed by atoms with Gasteiger partial charge in [-0.1, -0.05) is 18.2 Å². The molecule has 19 heavy (non-hydrogen) atoms. The third-order valence-corrected chi connectivity index (χ3v) is 4.40. The zero-order chi connectivity index (χ0) is 13.4. The topological polar surface area (TPSA) is 38.9 Å². The molecule has 0 spiro atoms. The van der Waals surface area contributed by atoms with Gasteiger partial charge in [0.1, 0.15) is 0 Å². The van der Waals surface area contributed by atoms with Crippen molar-refractivity contribution in [2.75, 3.05) is 5.73 Å². The minimum atomic E-state index is 0.800. The molecule has 0 unspecified atom stereocenters. The Morgan fingerprint density at radius 2 is 1.89 bits per heavy atom. The van der Waals surface area contributed by atoms with Crippen molar-refractivity contribution in [1.82, 2.24) is 4.98 Å². The second kappa shape index (κ2) is 4.67. The lowest BCUT2D eigenvalue weighted by atomic mass is 10.0. The van der Waals surface area contributed by atoms with Crippen LogP contribution in [0, 0.1) is 13.8 Å². The van der Waals surface area contributed by atoms with Crippen LogP contribution in [0.1, 0.15) is 21.7 Å². The Morgan fingerprint density at radius 3 is 2.68 bits per heavy atom. The Balaban J connectivity index is 1.94. The first-order valence-corrected chi connectivity index (χ1v) is 7.14. The van der Waals surface area contributed by atoms with Crippen LogP contribution < -0.4 is 5.73 Å². The summed E-state index contributed by atoms with van der Waals surface area (Å²) in [5.41, 5.74) is 11.6. The molecule has 0 amide bonds. The quantitative estimate of drug-likeness (QED) is 0.711. The van der Waals surface area contributed by atoms with Gasteiger partial charge in [0.05, 0.1) is 15.2 Å². The smallest absolute Gasteiger partial charge is 0.0982 e. The number of fused-ring (bicyclic) bond motifs is 1. The monoisotopic (exact) mass is 268 g/mol. The number of nitrogens with zero attached hydrogens (tertiary/aromatic N) is 1. The number of hydrogen-bond acceptors (Lipinski definition) is 3. The summed E-state index contributed by atoms with van der Waals surface area (Å²) in [7, 11) is 0. The van der Waals surface area contributed by atoms with Gasteiger partial charge in [0.15, 0.2) is 0 Å². The highest BCUT2D eigenvalue weighted by molar-refractivity contribution is 7.18. The van der Waals surface area contributed by atoms with Crippen LogP contribution in [0.2, 0.25) is 0 Å². The van der Waals surface area contributed by atoms with E-state index in [1.807, 2.05) is 18.2 Å². The van der Waals surface area contributed by atoms with Crippen LogP contribution in [0.4, 0.5) is 5.69 Å². The normalized spacial score (nSPS) is 11.1. The van der Waals surface area contributed by atoms with Crippen molar-refractivity contribution in [3.05, 3.63) is 58.1 Å². The van der Waals surface area contributed by atoms with Crippen molar-refractivity contribution < 1.29 is 0 Å². The fourth-order valence-electron chi connectivity index (χ4n) is 2.15. The SMILES string of the molecule is Cc1ccc(Cc2nc3ccc(N)cc3s2)cc1C. The first kappa shape index (κ1) is 12.2. The van der Waals surface area contributed by atoms with E-state index < -0.39 is 0 Å². The minimum absolute atomic E-state index is 0.800. The van der Waals surface area contributed by atoms with E-state index in [0.717, 1.165) is 22.6 Å². The number of aromatic nitrogens is 1. The summed E-state index contributed by atoms with van der Waals surface area (Å²) in [5.74, 6) is 0. The predicted molar refractivity (Wildman–Crippen MR) is 82.8 cm³/mol. The molecular formula is C16H16N2S. The average Bonchev–Trinajstić information content (AvgIpc) is 2.75. The maximum absolute atomic E-state index is 5.80. The molecule has 1 aromatic heterocycles. The lowest BCUT2D eigenvalue weighted by molar-refractivity contribution is 1.14. The van der Waals surface area contributed by atoms with Gasteiger partial charge in [-0.3, -0.25) is 0 Å². The first-order chi connectivity index (χ1) is 9.11. The fraction of sp³-hybridized carbons (Fsp3) is 0.188. The summed E-state index contributed by atoms with van der Waals surface area (Å²) in [4.78, 5) is 4.66. The third kappa shape index (κ3) is 2.47. The minimum Gasteiger partial charge on any atom is -0.399 e. The Labute approximate surface area is 116 Å². The summed E-state index contributed by atoms with van der Waals surface area (Å²) < 4.78 is 1.17. The molecule has 2 N–H and O–H groups in total. The second-order valence-corrected chi connectivity index (χ2v) is 6.05. The lowest BCUT2D eigenvalue weighted by Gasteiger charge is -2.03. The van der Waals surface area contributed by atoms with Crippen molar-refractivity contribution in [2.45, 2.75) is 20.3 Å². The van der Waals surface area contributed by atoms with Crippen LogP contribution in [0.15, 0.2) is 36.4 Å². The summed E-state index contributed by atoms with van der Waals surface area (Å²) in [6.07, 6.45) is 0.889. The van der Waals surface area contributed by atoms with Crippen LogP contribution in [0.3, 0.4) is 0 Å². The van der Waals surface area contributed by atoms with Crippen LogP contribution in [-0.2, 0) is 6.42 Å². The molecule has 0 aliphatic heterocycles. The molecule has 0 aliphatic rings.